The van der Waals surface area contributed by atoms with E-state index in [9.17, 15) is 9.59 Å². The molecule has 8 heteroatoms. The van der Waals surface area contributed by atoms with Crippen LogP contribution in [0.2, 0.25) is 0 Å². The molecule has 0 spiro atoms. The van der Waals surface area contributed by atoms with Gasteiger partial charge in [0.25, 0.3) is 5.91 Å². The Morgan fingerprint density at radius 1 is 1.13 bits per heavy atom. The molecule has 0 radical (unpaired) electrons. The highest BCUT2D eigenvalue weighted by Gasteiger charge is 2.34. The summed E-state index contributed by atoms with van der Waals surface area (Å²) in [5, 5.41) is 9.19. The van der Waals surface area contributed by atoms with Gasteiger partial charge in [0.15, 0.2) is 5.17 Å². The number of para-hydroxylation sites is 1. The number of carbonyl (C=O) groups is 2. The van der Waals surface area contributed by atoms with E-state index in [0.717, 1.165) is 11.3 Å². The first-order valence-electron chi connectivity index (χ1n) is 9.83. The minimum Gasteiger partial charge on any atom is -0.491 e. The van der Waals surface area contributed by atoms with Gasteiger partial charge in [-0.15, -0.1) is 0 Å². The number of hydrogen-bond acceptors (Lipinski definition) is 6. The number of anilines is 1. The Labute approximate surface area is 185 Å². The lowest BCUT2D eigenvalue weighted by atomic mass is 10.2. The molecular formula is C23H24N2O5S. The second-order valence-corrected chi connectivity index (χ2v) is 7.97. The summed E-state index contributed by atoms with van der Waals surface area (Å²) in [6.07, 6.45) is 1.84. The molecule has 7 nitrogen and oxygen atoms in total. The maximum atomic E-state index is 13.1. The van der Waals surface area contributed by atoms with Gasteiger partial charge in [-0.05, 0) is 61.5 Å². The quantitative estimate of drug-likeness (QED) is 0.467. The highest BCUT2D eigenvalue weighted by molar-refractivity contribution is 8.19. The maximum Gasteiger partial charge on any atom is 0.329 e. The van der Waals surface area contributed by atoms with Gasteiger partial charge in [0.1, 0.15) is 19.0 Å². The number of carbonyl (C=O) groups excluding carboxylic acids is 1. The first kappa shape index (κ1) is 22.6. The maximum absolute atomic E-state index is 13.1. The summed E-state index contributed by atoms with van der Waals surface area (Å²) < 4.78 is 10.5. The molecule has 0 aromatic heterocycles. The first-order chi connectivity index (χ1) is 14.9. The van der Waals surface area contributed by atoms with E-state index in [1.165, 1.54) is 11.8 Å². The number of hydrogen-bond donors (Lipinski definition) is 1. The largest absolute Gasteiger partial charge is 0.491 e. The van der Waals surface area contributed by atoms with Gasteiger partial charge < -0.3 is 14.6 Å². The SMILES string of the molecule is CC(C)/N=C1\SC(=Cc2ccc(OCCOCC(=O)O)cc2)C(=O)N1c1ccccc1. The predicted octanol–water partition coefficient (Wildman–Crippen LogP) is 4.05. The van der Waals surface area contributed by atoms with Gasteiger partial charge in [0, 0.05) is 6.04 Å². The number of thioether (sulfide) groups is 1. The van der Waals surface area contributed by atoms with Crippen LogP contribution in [0, 0.1) is 0 Å². The molecular weight excluding hydrogens is 416 g/mol. The minimum atomic E-state index is -1.01. The number of amides is 1. The normalized spacial score (nSPS) is 16.5. The van der Waals surface area contributed by atoms with Gasteiger partial charge in [0.05, 0.1) is 17.2 Å². The molecule has 3 rings (SSSR count). The lowest BCUT2D eigenvalue weighted by Crippen LogP contribution is -2.29. The van der Waals surface area contributed by atoms with Crippen molar-refractivity contribution in [1.29, 1.82) is 0 Å². The number of aliphatic carboxylic acids is 1. The third-order valence-corrected chi connectivity index (χ3v) is 5.07. The van der Waals surface area contributed by atoms with Crippen molar-refractivity contribution in [2.75, 3.05) is 24.7 Å². The number of aliphatic imine (C=N–C) groups is 1. The molecule has 1 heterocycles. The lowest BCUT2D eigenvalue weighted by Gasteiger charge is -2.16. The van der Waals surface area contributed by atoms with Crippen molar-refractivity contribution in [2.45, 2.75) is 19.9 Å². The zero-order valence-electron chi connectivity index (χ0n) is 17.4. The second kappa shape index (κ2) is 10.8. The van der Waals surface area contributed by atoms with E-state index in [4.69, 9.17) is 14.6 Å². The summed E-state index contributed by atoms with van der Waals surface area (Å²) in [4.78, 5) is 30.4. The van der Waals surface area contributed by atoms with E-state index in [0.29, 0.717) is 15.8 Å². The molecule has 0 aliphatic carbocycles. The molecule has 0 atom stereocenters. The predicted molar refractivity (Wildman–Crippen MR) is 122 cm³/mol. The van der Waals surface area contributed by atoms with Crippen molar-refractivity contribution in [1.82, 2.24) is 0 Å². The summed E-state index contributed by atoms with van der Waals surface area (Å²) in [5.41, 5.74) is 1.65. The van der Waals surface area contributed by atoms with Crippen molar-refractivity contribution in [2.24, 2.45) is 4.99 Å². The monoisotopic (exact) mass is 440 g/mol. The van der Waals surface area contributed by atoms with E-state index in [2.05, 4.69) is 4.99 Å². The molecule has 0 bridgehead atoms. The van der Waals surface area contributed by atoms with Crippen LogP contribution in [0.5, 0.6) is 5.75 Å². The van der Waals surface area contributed by atoms with Gasteiger partial charge in [-0.1, -0.05) is 30.3 Å². The summed E-state index contributed by atoms with van der Waals surface area (Å²) in [6.45, 7) is 4.06. The first-order valence-corrected chi connectivity index (χ1v) is 10.6. The number of benzene rings is 2. The van der Waals surface area contributed by atoms with Gasteiger partial charge >= 0.3 is 5.97 Å². The third-order valence-electron chi connectivity index (χ3n) is 4.09. The Bertz CT molecular complexity index is 971. The Morgan fingerprint density at radius 2 is 1.84 bits per heavy atom. The fraction of sp³-hybridized carbons (Fsp3) is 0.261. The molecule has 1 aliphatic heterocycles. The number of ether oxygens (including phenoxy) is 2. The van der Waals surface area contributed by atoms with Crippen LogP contribution in [0.4, 0.5) is 5.69 Å². The van der Waals surface area contributed by atoms with Gasteiger partial charge in [0.2, 0.25) is 0 Å². The van der Waals surface area contributed by atoms with Gasteiger partial charge in [-0.2, -0.15) is 0 Å². The Kier molecular flexibility index (Phi) is 7.86. The summed E-state index contributed by atoms with van der Waals surface area (Å²) >= 11 is 1.36. The fourth-order valence-electron chi connectivity index (χ4n) is 2.78. The highest BCUT2D eigenvalue weighted by atomic mass is 32.2. The number of amidine groups is 1. The summed E-state index contributed by atoms with van der Waals surface area (Å²) in [7, 11) is 0. The molecule has 1 fully saturated rings. The molecule has 2 aromatic carbocycles. The molecule has 31 heavy (non-hydrogen) atoms. The molecule has 1 amide bonds. The number of carboxylic acids is 1. The smallest absolute Gasteiger partial charge is 0.329 e. The van der Waals surface area contributed by atoms with Crippen molar-refractivity contribution < 1.29 is 24.2 Å². The van der Waals surface area contributed by atoms with Gasteiger partial charge in [-0.25, -0.2) is 4.79 Å². The van der Waals surface area contributed by atoms with Crippen molar-refractivity contribution in [3.8, 4) is 5.75 Å². The van der Waals surface area contributed by atoms with Crippen LogP contribution in [0.1, 0.15) is 19.4 Å². The fourth-order valence-corrected chi connectivity index (χ4v) is 3.89. The zero-order chi connectivity index (χ0) is 22.2. The molecule has 2 aromatic rings. The molecule has 1 saturated heterocycles. The van der Waals surface area contributed by atoms with Crippen LogP contribution in [0.25, 0.3) is 6.08 Å². The molecule has 162 valence electrons. The molecule has 0 unspecified atom stereocenters. The highest BCUT2D eigenvalue weighted by Crippen LogP contribution is 2.36. The number of carboxylic acid groups (broad SMARTS) is 1. The van der Waals surface area contributed by atoms with Crippen LogP contribution in [-0.4, -0.2) is 48.0 Å². The number of rotatable bonds is 9. The van der Waals surface area contributed by atoms with Crippen molar-refractivity contribution in [3.05, 3.63) is 65.1 Å². The van der Waals surface area contributed by atoms with Crippen molar-refractivity contribution >= 4 is 40.6 Å². The average molecular weight is 441 g/mol. The summed E-state index contributed by atoms with van der Waals surface area (Å²) in [5.74, 6) is -0.477. The average Bonchev–Trinajstić information content (AvgIpc) is 3.03. The molecule has 1 aliphatic rings. The van der Waals surface area contributed by atoms with E-state index < -0.39 is 5.97 Å². The minimum absolute atomic E-state index is 0.0665. The van der Waals surface area contributed by atoms with Crippen LogP contribution in [0.15, 0.2) is 64.5 Å². The second-order valence-electron chi connectivity index (χ2n) is 6.96. The zero-order valence-corrected chi connectivity index (χ0v) is 18.2. The topological polar surface area (TPSA) is 88.4 Å². The van der Waals surface area contributed by atoms with E-state index in [1.807, 2.05) is 62.4 Å². The molecule has 0 saturated carbocycles. The van der Waals surface area contributed by atoms with Gasteiger partial charge in [-0.3, -0.25) is 14.7 Å². The van der Waals surface area contributed by atoms with E-state index >= 15 is 0 Å². The van der Waals surface area contributed by atoms with E-state index in [-0.39, 0.29) is 31.8 Å². The Morgan fingerprint density at radius 3 is 2.48 bits per heavy atom. The number of nitrogens with zero attached hydrogens (tertiary/aromatic N) is 2. The van der Waals surface area contributed by atoms with Crippen LogP contribution in [-0.2, 0) is 14.3 Å². The lowest BCUT2D eigenvalue weighted by molar-refractivity contribution is -0.142. The standard InChI is InChI=1S/C23H24N2O5S/c1-16(2)24-23-25(18-6-4-3-5-7-18)22(28)20(31-23)14-17-8-10-19(11-9-17)30-13-12-29-15-21(26)27/h3-11,14,16H,12-13,15H2,1-2H3,(H,26,27)/b20-14?,24-23-. The Balaban J connectivity index is 1.69. The van der Waals surface area contributed by atoms with Crippen LogP contribution < -0.4 is 9.64 Å². The Hall–Kier alpha value is -3.10. The van der Waals surface area contributed by atoms with E-state index in [1.54, 1.807) is 17.0 Å². The molecule has 1 N–H and O–H groups in total. The summed E-state index contributed by atoms with van der Waals surface area (Å²) in [6, 6.07) is 16.9. The van der Waals surface area contributed by atoms with Crippen molar-refractivity contribution in [3.63, 3.8) is 0 Å². The third kappa shape index (κ3) is 6.44. The van der Waals surface area contributed by atoms with Crippen LogP contribution >= 0.6 is 11.8 Å². The van der Waals surface area contributed by atoms with Crippen LogP contribution in [0.3, 0.4) is 0 Å².